The molecule has 21 heavy (non-hydrogen) atoms. The van der Waals surface area contributed by atoms with E-state index >= 15 is 0 Å². The summed E-state index contributed by atoms with van der Waals surface area (Å²) < 4.78 is 1.36. The van der Waals surface area contributed by atoms with E-state index in [0.717, 1.165) is 0 Å². The Hall–Kier alpha value is -2.32. The van der Waals surface area contributed by atoms with E-state index in [-0.39, 0.29) is 16.6 Å². The van der Waals surface area contributed by atoms with Crippen LogP contribution in [0.5, 0.6) is 0 Å². The fourth-order valence-corrected chi connectivity index (χ4v) is 2.38. The summed E-state index contributed by atoms with van der Waals surface area (Å²) in [6.07, 6.45) is 0.520. The zero-order valence-electron chi connectivity index (χ0n) is 11.7. The van der Waals surface area contributed by atoms with Crippen molar-refractivity contribution >= 4 is 17.6 Å². The Labute approximate surface area is 127 Å². The van der Waals surface area contributed by atoms with E-state index in [1.807, 2.05) is 19.9 Å². The van der Waals surface area contributed by atoms with Crippen molar-refractivity contribution in [2.45, 2.75) is 20.3 Å². The fraction of sp³-hybridized carbons (Fsp3) is 0.267. The van der Waals surface area contributed by atoms with E-state index in [4.69, 9.17) is 16.9 Å². The molecule has 6 heteroatoms. The Morgan fingerprint density at radius 2 is 2.24 bits per heavy atom. The Bertz CT molecular complexity index is 729. The van der Waals surface area contributed by atoms with Gasteiger partial charge in [0.05, 0.1) is 23.0 Å². The molecule has 0 aliphatic rings. The number of rotatable bonds is 4. The average Bonchev–Trinajstić information content (AvgIpc) is 2.74. The van der Waals surface area contributed by atoms with Crippen LogP contribution >= 0.6 is 11.6 Å². The van der Waals surface area contributed by atoms with Crippen LogP contribution in [0.1, 0.15) is 35.5 Å². The van der Waals surface area contributed by atoms with Crippen molar-refractivity contribution in [1.29, 1.82) is 5.26 Å². The molecule has 108 valence electrons. The van der Waals surface area contributed by atoms with E-state index in [0.29, 0.717) is 23.4 Å². The second kappa shape index (κ2) is 5.98. The SMILES string of the molecule is CC(C)Cc1nn(-c2cccc(C#N)c2)c(Cl)c1C(=O)O. The molecule has 0 unspecified atom stereocenters. The number of hydrogen-bond acceptors (Lipinski definition) is 3. The second-order valence-electron chi connectivity index (χ2n) is 5.09. The van der Waals surface area contributed by atoms with Crippen molar-refractivity contribution in [2.24, 2.45) is 5.92 Å². The highest BCUT2D eigenvalue weighted by Gasteiger charge is 2.23. The molecule has 1 N–H and O–H groups in total. The molecule has 0 atom stereocenters. The monoisotopic (exact) mass is 303 g/mol. The molecule has 1 aromatic heterocycles. The molecule has 0 radical (unpaired) electrons. The van der Waals surface area contributed by atoms with Gasteiger partial charge >= 0.3 is 5.97 Å². The normalized spacial score (nSPS) is 10.6. The summed E-state index contributed by atoms with van der Waals surface area (Å²) in [5.41, 5.74) is 1.50. The van der Waals surface area contributed by atoms with E-state index in [1.165, 1.54) is 4.68 Å². The van der Waals surface area contributed by atoms with Gasteiger partial charge in [0.1, 0.15) is 10.7 Å². The van der Waals surface area contributed by atoms with Crippen LogP contribution in [0.2, 0.25) is 5.15 Å². The number of aromatic nitrogens is 2. The van der Waals surface area contributed by atoms with Gasteiger partial charge in [-0.15, -0.1) is 0 Å². The summed E-state index contributed by atoms with van der Waals surface area (Å²) in [5, 5.41) is 22.6. The van der Waals surface area contributed by atoms with Crippen LogP contribution in [0.25, 0.3) is 5.69 Å². The molecule has 2 rings (SSSR count). The Kier molecular flexibility index (Phi) is 4.29. The topological polar surface area (TPSA) is 78.9 Å². The van der Waals surface area contributed by atoms with Gasteiger partial charge < -0.3 is 5.11 Å². The first-order valence-corrected chi connectivity index (χ1v) is 6.83. The molecule has 0 spiro atoms. The number of hydrogen-bond donors (Lipinski definition) is 1. The standard InChI is InChI=1S/C15H14ClN3O2/c1-9(2)6-12-13(15(20)21)14(16)19(18-12)11-5-3-4-10(7-11)8-17/h3-5,7,9H,6H2,1-2H3,(H,20,21). The molecular weight excluding hydrogens is 290 g/mol. The van der Waals surface area contributed by atoms with Crippen LogP contribution in [-0.2, 0) is 6.42 Å². The van der Waals surface area contributed by atoms with Crippen molar-refractivity contribution < 1.29 is 9.90 Å². The third kappa shape index (κ3) is 3.06. The minimum absolute atomic E-state index is 0.0210. The summed E-state index contributed by atoms with van der Waals surface area (Å²) >= 11 is 6.17. The van der Waals surface area contributed by atoms with Crippen molar-refractivity contribution in [3.05, 3.63) is 46.2 Å². The lowest BCUT2D eigenvalue weighted by atomic mass is 10.1. The van der Waals surface area contributed by atoms with Crippen molar-refractivity contribution in [2.75, 3.05) is 0 Å². The largest absolute Gasteiger partial charge is 0.478 e. The minimum Gasteiger partial charge on any atom is -0.478 e. The van der Waals surface area contributed by atoms with E-state index in [9.17, 15) is 9.90 Å². The maximum absolute atomic E-state index is 11.4. The lowest BCUT2D eigenvalue weighted by Crippen LogP contribution is -2.03. The second-order valence-corrected chi connectivity index (χ2v) is 5.45. The molecule has 1 aromatic carbocycles. The summed E-state index contributed by atoms with van der Waals surface area (Å²) in [7, 11) is 0. The van der Waals surface area contributed by atoms with Crippen LogP contribution in [0.3, 0.4) is 0 Å². The third-order valence-electron chi connectivity index (χ3n) is 2.94. The van der Waals surface area contributed by atoms with Gasteiger partial charge in [0.25, 0.3) is 0 Å². The van der Waals surface area contributed by atoms with Gasteiger partial charge in [0.2, 0.25) is 0 Å². The molecule has 0 bridgehead atoms. The Morgan fingerprint density at radius 1 is 1.52 bits per heavy atom. The van der Waals surface area contributed by atoms with Gasteiger partial charge in [-0.2, -0.15) is 10.4 Å². The molecule has 0 amide bonds. The van der Waals surface area contributed by atoms with Crippen LogP contribution in [0.4, 0.5) is 0 Å². The van der Waals surface area contributed by atoms with E-state index < -0.39 is 5.97 Å². The van der Waals surface area contributed by atoms with Crippen LogP contribution in [-0.4, -0.2) is 20.9 Å². The molecule has 2 aromatic rings. The molecule has 0 aliphatic heterocycles. The number of carboxylic acids is 1. The quantitative estimate of drug-likeness (QED) is 0.940. The first kappa shape index (κ1) is 15.1. The summed E-state index contributed by atoms with van der Waals surface area (Å²) in [5.74, 6) is -0.841. The summed E-state index contributed by atoms with van der Waals surface area (Å²) in [6.45, 7) is 3.96. The summed E-state index contributed by atoms with van der Waals surface area (Å²) in [4.78, 5) is 11.4. The Balaban J connectivity index is 2.59. The van der Waals surface area contributed by atoms with Crippen molar-refractivity contribution in [3.8, 4) is 11.8 Å². The van der Waals surface area contributed by atoms with Gasteiger partial charge in [-0.1, -0.05) is 31.5 Å². The first-order valence-electron chi connectivity index (χ1n) is 6.45. The molecule has 0 saturated carbocycles. The molecule has 1 heterocycles. The highest BCUT2D eigenvalue weighted by Crippen LogP contribution is 2.26. The predicted octanol–water partition coefficient (Wildman–Crippen LogP) is 3.29. The molecule has 0 saturated heterocycles. The highest BCUT2D eigenvalue weighted by atomic mass is 35.5. The van der Waals surface area contributed by atoms with Gasteiger partial charge in [0, 0.05) is 0 Å². The first-order chi connectivity index (χ1) is 9.93. The maximum Gasteiger partial charge on any atom is 0.340 e. The lowest BCUT2D eigenvalue weighted by Gasteiger charge is -2.03. The third-order valence-corrected chi connectivity index (χ3v) is 3.29. The number of carbonyl (C=O) groups is 1. The molecule has 0 fully saturated rings. The van der Waals surface area contributed by atoms with Crippen molar-refractivity contribution in [3.63, 3.8) is 0 Å². The number of halogens is 1. The molecule has 0 aliphatic carbocycles. The van der Waals surface area contributed by atoms with Crippen molar-refractivity contribution in [1.82, 2.24) is 9.78 Å². The van der Waals surface area contributed by atoms with Crippen LogP contribution in [0.15, 0.2) is 24.3 Å². The molecule has 5 nitrogen and oxygen atoms in total. The number of nitrogens with zero attached hydrogens (tertiary/aromatic N) is 3. The van der Waals surface area contributed by atoms with Gasteiger partial charge in [-0.3, -0.25) is 0 Å². The van der Waals surface area contributed by atoms with Crippen LogP contribution < -0.4 is 0 Å². The zero-order valence-corrected chi connectivity index (χ0v) is 12.4. The summed E-state index contributed by atoms with van der Waals surface area (Å²) in [6, 6.07) is 8.74. The number of benzene rings is 1. The zero-order chi connectivity index (χ0) is 15.6. The number of aromatic carboxylic acids is 1. The van der Waals surface area contributed by atoms with Gasteiger partial charge in [-0.05, 0) is 30.5 Å². The molecular formula is C15H14ClN3O2. The van der Waals surface area contributed by atoms with Crippen LogP contribution in [0, 0.1) is 17.2 Å². The van der Waals surface area contributed by atoms with E-state index in [1.54, 1.807) is 24.3 Å². The van der Waals surface area contributed by atoms with Gasteiger partial charge in [0.15, 0.2) is 0 Å². The maximum atomic E-state index is 11.4. The number of carboxylic acid groups (broad SMARTS) is 1. The smallest absolute Gasteiger partial charge is 0.340 e. The number of nitriles is 1. The fourth-order valence-electron chi connectivity index (χ4n) is 2.06. The minimum atomic E-state index is -1.10. The Morgan fingerprint density at radius 3 is 2.81 bits per heavy atom. The lowest BCUT2D eigenvalue weighted by molar-refractivity contribution is 0.0695. The highest BCUT2D eigenvalue weighted by molar-refractivity contribution is 6.33. The average molecular weight is 304 g/mol. The van der Waals surface area contributed by atoms with Gasteiger partial charge in [-0.25, -0.2) is 9.48 Å². The van der Waals surface area contributed by atoms with E-state index in [2.05, 4.69) is 5.10 Å². The predicted molar refractivity (Wildman–Crippen MR) is 78.8 cm³/mol.